The van der Waals surface area contributed by atoms with Gasteiger partial charge in [0.15, 0.2) is 4.91 Å². The smallest absolute Gasteiger partial charge is 0.338 e. The molecular formula is C22H16ClNO5S. The van der Waals surface area contributed by atoms with E-state index in [-0.39, 0.29) is 17.3 Å². The molecule has 0 amide bonds. The molecular weight excluding hydrogens is 426 g/mol. The zero-order valence-electron chi connectivity index (χ0n) is 15.8. The van der Waals surface area contributed by atoms with Crippen LogP contribution in [0, 0.1) is 11.3 Å². The molecule has 0 radical (unpaired) electrons. The van der Waals surface area contributed by atoms with E-state index in [0.29, 0.717) is 21.9 Å². The lowest BCUT2D eigenvalue weighted by molar-refractivity contribution is 0.0526. The number of esters is 1. The molecule has 8 heteroatoms. The van der Waals surface area contributed by atoms with E-state index in [1.807, 2.05) is 0 Å². The van der Waals surface area contributed by atoms with Crippen molar-refractivity contribution in [2.24, 2.45) is 0 Å². The third kappa shape index (κ3) is 4.62. The third-order valence-electron chi connectivity index (χ3n) is 4.10. The number of nitrogens with zero attached hydrogens (tertiary/aromatic N) is 1. The molecule has 3 rings (SSSR count). The van der Waals surface area contributed by atoms with E-state index in [1.54, 1.807) is 49.4 Å². The number of allylic oxidation sites excluding steroid dienone is 1. The van der Waals surface area contributed by atoms with Gasteiger partial charge in [0.2, 0.25) is 9.84 Å². The Kier molecular flexibility index (Phi) is 6.40. The fraction of sp³-hybridized carbons (Fsp3) is 0.0909. The van der Waals surface area contributed by atoms with Gasteiger partial charge in [-0.1, -0.05) is 23.7 Å². The number of halogens is 1. The molecule has 6 nitrogen and oxygen atoms in total. The molecule has 0 fully saturated rings. The van der Waals surface area contributed by atoms with Gasteiger partial charge in [-0.15, -0.1) is 0 Å². The number of furan rings is 1. The molecule has 1 aromatic heterocycles. The summed E-state index contributed by atoms with van der Waals surface area (Å²) in [4.78, 5) is 11.2. The minimum Gasteiger partial charge on any atom is -0.462 e. The normalized spacial score (nSPS) is 11.7. The number of nitriles is 1. The molecule has 0 aliphatic heterocycles. The van der Waals surface area contributed by atoms with Crippen LogP contribution in [0.25, 0.3) is 17.4 Å². The summed E-state index contributed by atoms with van der Waals surface area (Å²) >= 11 is 5.79. The van der Waals surface area contributed by atoms with Crippen molar-refractivity contribution in [3.63, 3.8) is 0 Å². The van der Waals surface area contributed by atoms with Gasteiger partial charge < -0.3 is 9.15 Å². The second-order valence-electron chi connectivity index (χ2n) is 6.08. The van der Waals surface area contributed by atoms with Crippen molar-refractivity contribution >= 4 is 33.5 Å². The molecule has 0 aliphatic carbocycles. The summed E-state index contributed by atoms with van der Waals surface area (Å²) in [5.74, 6) is 0.240. The Labute approximate surface area is 178 Å². The highest BCUT2D eigenvalue weighted by Crippen LogP contribution is 2.27. The predicted molar refractivity (Wildman–Crippen MR) is 112 cm³/mol. The standard InChI is InChI=1S/C22H16ClNO5S/c1-2-28-22(25)16-5-3-15(4-6-16)21-12-9-18(29-21)13-20(14-24)30(26,27)19-10-7-17(23)8-11-19/h3-13H,2H2,1H3/b20-13-. The SMILES string of the molecule is CCOC(=O)c1ccc(-c2ccc(/C=C(/C#N)S(=O)(=O)c3ccc(Cl)cc3)o2)cc1. The molecule has 0 spiro atoms. The van der Waals surface area contributed by atoms with Crippen LogP contribution in [0.4, 0.5) is 0 Å². The van der Waals surface area contributed by atoms with Crippen LogP contribution in [0.3, 0.4) is 0 Å². The lowest BCUT2D eigenvalue weighted by atomic mass is 10.1. The molecule has 0 unspecified atom stereocenters. The van der Waals surface area contributed by atoms with Crippen molar-refractivity contribution < 1.29 is 22.4 Å². The van der Waals surface area contributed by atoms with Crippen molar-refractivity contribution in [1.82, 2.24) is 0 Å². The highest BCUT2D eigenvalue weighted by Gasteiger charge is 2.21. The van der Waals surface area contributed by atoms with Gasteiger partial charge >= 0.3 is 5.97 Å². The molecule has 0 saturated heterocycles. The Hall–Kier alpha value is -3.34. The summed E-state index contributed by atoms with van der Waals surface area (Å²) in [7, 11) is -4.01. The van der Waals surface area contributed by atoms with Gasteiger partial charge in [-0.25, -0.2) is 13.2 Å². The Morgan fingerprint density at radius 3 is 2.37 bits per heavy atom. The van der Waals surface area contributed by atoms with E-state index in [9.17, 15) is 18.5 Å². The van der Waals surface area contributed by atoms with Gasteiger partial charge in [0.25, 0.3) is 0 Å². The Morgan fingerprint density at radius 2 is 1.77 bits per heavy atom. The lowest BCUT2D eigenvalue weighted by Crippen LogP contribution is -2.03. The molecule has 30 heavy (non-hydrogen) atoms. The largest absolute Gasteiger partial charge is 0.462 e. The van der Waals surface area contributed by atoms with Crippen LogP contribution in [-0.4, -0.2) is 21.0 Å². The van der Waals surface area contributed by atoms with Gasteiger partial charge in [0.05, 0.1) is 17.1 Å². The van der Waals surface area contributed by atoms with Crippen LogP contribution < -0.4 is 0 Å². The minimum absolute atomic E-state index is 0.0407. The van der Waals surface area contributed by atoms with E-state index in [4.69, 9.17) is 20.8 Å². The fourth-order valence-electron chi connectivity index (χ4n) is 2.61. The van der Waals surface area contributed by atoms with E-state index >= 15 is 0 Å². The summed E-state index contributed by atoms with van der Waals surface area (Å²) in [5, 5.41) is 9.77. The quantitative estimate of drug-likeness (QED) is 0.389. The molecule has 0 N–H and O–H groups in total. The molecule has 0 saturated carbocycles. The maximum atomic E-state index is 12.7. The van der Waals surface area contributed by atoms with E-state index in [0.717, 1.165) is 0 Å². The van der Waals surface area contributed by atoms with Crippen molar-refractivity contribution in [3.05, 3.63) is 81.9 Å². The summed E-state index contributed by atoms with van der Waals surface area (Å²) in [6, 6.07) is 17.1. The maximum Gasteiger partial charge on any atom is 0.338 e. The van der Waals surface area contributed by atoms with E-state index in [2.05, 4.69) is 0 Å². The molecule has 3 aromatic rings. The number of rotatable bonds is 6. The molecule has 152 valence electrons. The average molecular weight is 442 g/mol. The van der Waals surface area contributed by atoms with Gasteiger partial charge in [0.1, 0.15) is 17.6 Å². The van der Waals surface area contributed by atoms with Crippen LogP contribution in [0.1, 0.15) is 23.0 Å². The number of sulfone groups is 1. The zero-order chi connectivity index (χ0) is 21.7. The average Bonchev–Trinajstić information content (AvgIpc) is 3.21. The highest BCUT2D eigenvalue weighted by atomic mass is 35.5. The van der Waals surface area contributed by atoms with Gasteiger partial charge in [-0.2, -0.15) is 5.26 Å². The molecule has 0 atom stereocenters. The summed E-state index contributed by atoms with van der Waals surface area (Å²) in [6.07, 6.45) is 1.17. The first-order valence-electron chi connectivity index (χ1n) is 8.85. The number of carbonyl (C=O) groups is 1. The summed E-state index contributed by atoms with van der Waals surface area (Å²) < 4.78 is 36.0. The number of benzene rings is 2. The zero-order valence-corrected chi connectivity index (χ0v) is 17.4. The van der Waals surface area contributed by atoms with Crippen molar-refractivity contribution in [3.8, 4) is 17.4 Å². The first-order chi connectivity index (χ1) is 14.3. The first kappa shape index (κ1) is 21.4. The first-order valence-corrected chi connectivity index (χ1v) is 10.7. The molecule has 0 aliphatic rings. The maximum absolute atomic E-state index is 12.7. The molecule has 2 aromatic carbocycles. The minimum atomic E-state index is -4.01. The summed E-state index contributed by atoms with van der Waals surface area (Å²) in [6.45, 7) is 2.02. The van der Waals surface area contributed by atoms with Crippen LogP contribution in [0.2, 0.25) is 5.02 Å². The molecule has 1 heterocycles. The van der Waals surface area contributed by atoms with Gasteiger partial charge in [0, 0.05) is 16.7 Å². The van der Waals surface area contributed by atoms with Crippen LogP contribution >= 0.6 is 11.6 Å². The van der Waals surface area contributed by atoms with E-state index < -0.39 is 20.7 Å². The van der Waals surface area contributed by atoms with Gasteiger partial charge in [-0.3, -0.25) is 0 Å². The van der Waals surface area contributed by atoms with Crippen molar-refractivity contribution in [2.45, 2.75) is 11.8 Å². The monoisotopic (exact) mass is 441 g/mol. The number of carbonyl (C=O) groups excluding carboxylic acids is 1. The van der Waals surface area contributed by atoms with Crippen LogP contribution in [-0.2, 0) is 14.6 Å². The Morgan fingerprint density at radius 1 is 1.10 bits per heavy atom. The number of hydrogen-bond acceptors (Lipinski definition) is 6. The van der Waals surface area contributed by atoms with Crippen molar-refractivity contribution in [2.75, 3.05) is 6.61 Å². The fourth-order valence-corrected chi connectivity index (χ4v) is 3.88. The highest BCUT2D eigenvalue weighted by molar-refractivity contribution is 7.95. The van der Waals surface area contributed by atoms with Gasteiger partial charge in [-0.05, 0) is 55.5 Å². The Bertz CT molecular complexity index is 1230. The number of hydrogen-bond donors (Lipinski definition) is 0. The second kappa shape index (κ2) is 8.99. The summed E-state index contributed by atoms with van der Waals surface area (Å²) in [5.41, 5.74) is 1.09. The second-order valence-corrected chi connectivity index (χ2v) is 8.43. The van der Waals surface area contributed by atoms with Crippen LogP contribution in [0.15, 0.2) is 74.9 Å². The van der Waals surface area contributed by atoms with Crippen LogP contribution in [0.5, 0.6) is 0 Å². The van der Waals surface area contributed by atoms with E-state index in [1.165, 1.54) is 30.3 Å². The Balaban J connectivity index is 1.87. The predicted octanol–water partition coefficient (Wildman–Crippen LogP) is 5.12. The number of ether oxygens (including phenoxy) is 1. The van der Waals surface area contributed by atoms with Crippen molar-refractivity contribution in [1.29, 1.82) is 5.26 Å². The molecule has 0 bridgehead atoms. The lowest BCUT2D eigenvalue weighted by Gasteiger charge is -2.03. The topological polar surface area (TPSA) is 97.4 Å². The third-order valence-corrected chi connectivity index (χ3v) is 6.04.